The van der Waals surface area contributed by atoms with E-state index < -0.39 is 11.9 Å². The molecule has 0 aromatic heterocycles. The smallest absolute Gasteiger partial charge is 0.335 e. The Bertz CT molecular complexity index is 530. The maximum Gasteiger partial charge on any atom is 0.335 e. The van der Waals surface area contributed by atoms with E-state index in [1.807, 2.05) is 0 Å². The van der Waals surface area contributed by atoms with Crippen LogP contribution in [0.1, 0.15) is 27.1 Å². The van der Waals surface area contributed by atoms with Gasteiger partial charge in [0.25, 0.3) is 0 Å². The molecule has 1 atom stereocenters. The number of benzene rings is 1. The van der Waals surface area contributed by atoms with Gasteiger partial charge < -0.3 is 20.3 Å². The van der Waals surface area contributed by atoms with Crippen LogP contribution in [0, 0.1) is 5.92 Å². The second kappa shape index (κ2) is 5.70. The fourth-order valence-corrected chi connectivity index (χ4v) is 1.93. The average Bonchev–Trinajstić information content (AvgIpc) is 2.92. The largest absolute Gasteiger partial charge is 0.478 e. The molecule has 0 saturated carbocycles. The fraction of sp³-hybridized carbons (Fsp3) is 0.308. The summed E-state index contributed by atoms with van der Waals surface area (Å²) in [7, 11) is 0. The van der Waals surface area contributed by atoms with Crippen molar-refractivity contribution < 1.29 is 29.3 Å². The first-order valence-corrected chi connectivity index (χ1v) is 5.97. The van der Waals surface area contributed by atoms with Gasteiger partial charge in [0.1, 0.15) is 0 Å². The van der Waals surface area contributed by atoms with Gasteiger partial charge in [-0.05, 0) is 24.6 Å². The zero-order chi connectivity index (χ0) is 14.7. The summed E-state index contributed by atoms with van der Waals surface area (Å²) in [5.74, 6) is -3.11. The van der Waals surface area contributed by atoms with Gasteiger partial charge in [-0.15, -0.1) is 0 Å². The SMILES string of the molecule is O=C(O)c1cc(NC(=O)C2CCOC2)cc(C(=O)O)c1. The van der Waals surface area contributed by atoms with Gasteiger partial charge in [0.15, 0.2) is 0 Å². The highest BCUT2D eigenvalue weighted by Gasteiger charge is 2.24. The fourth-order valence-electron chi connectivity index (χ4n) is 1.93. The van der Waals surface area contributed by atoms with Gasteiger partial charge in [0, 0.05) is 12.3 Å². The minimum atomic E-state index is -1.26. The molecule has 0 radical (unpaired) electrons. The molecule has 106 valence electrons. The van der Waals surface area contributed by atoms with Crippen LogP contribution in [0.5, 0.6) is 0 Å². The maximum atomic E-state index is 11.9. The first-order chi connectivity index (χ1) is 9.47. The monoisotopic (exact) mass is 279 g/mol. The van der Waals surface area contributed by atoms with Crippen molar-refractivity contribution in [3.05, 3.63) is 29.3 Å². The molecule has 1 unspecified atom stereocenters. The number of anilines is 1. The third kappa shape index (κ3) is 3.12. The maximum absolute atomic E-state index is 11.9. The number of ether oxygens (including phenoxy) is 1. The lowest BCUT2D eigenvalue weighted by Gasteiger charge is -2.10. The topological polar surface area (TPSA) is 113 Å². The zero-order valence-electron chi connectivity index (χ0n) is 10.5. The van der Waals surface area contributed by atoms with E-state index in [2.05, 4.69) is 5.32 Å². The van der Waals surface area contributed by atoms with Crippen LogP contribution in [0.25, 0.3) is 0 Å². The minimum absolute atomic E-state index is 0.152. The first kappa shape index (κ1) is 14.0. The van der Waals surface area contributed by atoms with E-state index >= 15 is 0 Å². The molecule has 1 aliphatic heterocycles. The predicted octanol–water partition coefficient (Wildman–Crippen LogP) is 1.06. The summed E-state index contributed by atoms with van der Waals surface area (Å²) in [4.78, 5) is 33.8. The number of amides is 1. The molecule has 1 fully saturated rings. The number of carbonyl (C=O) groups excluding carboxylic acids is 1. The number of carboxylic acid groups (broad SMARTS) is 2. The van der Waals surface area contributed by atoms with Gasteiger partial charge in [-0.1, -0.05) is 0 Å². The highest BCUT2D eigenvalue weighted by atomic mass is 16.5. The molecule has 1 aromatic rings. The molecule has 1 aliphatic rings. The van der Waals surface area contributed by atoms with Crippen LogP contribution in [0.3, 0.4) is 0 Å². The summed E-state index contributed by atoms with van der Waals surface area (Å²) >= 11 is 0. The van der Waals surface area contributed by atoms with Crippen LogP contribution in [-0.2, 0) is 9.53 Å². The molecular formula is C13H13NO6. The molecular weight excluding hydrogens is 266 g/mol. The Labute approximate surface area is 114 Å². The van der Waals surface area contributed by atoms with Crippen LogP contribution < -0.4 is 5.32 Å². The van der Waals surface area contributed by atoms with Crippen LogP contribution in [-0.4, -0.2) is 41.3 Å². The first-order valence-electron chi connectivity index (χ1n) is 5.97. The van der Waals surface area contributed by atoms with Gasteiger partial charge >= 0.3 is 11.9 Å². The molecule has 1 heterocycles. The van der Waals surface area contributed by atoms with Crippen LogP contribution in [0.2, 0.25) is 0 Å². The second-order valence-electron chi connectivity index (χ2n) is 4.46. The standard InChI is InChI=1S/C13H13NO6/c15-11(7-1-2-20-6-7)14-10-4-8(12(16)17)3-9(5-10)13(18)19/h3-5,7H,1-2,6H2,(H,14,15)(H,16,17)(H,18,19). The highest BCUT2D eigenvalue weighted by Crippen LogP contribution is 2.19. The van der Waals surface area contributed by atoms with Gasteiger partial charge in [-0.25, -0.2) is 9.59 Å². The van der Waals surface area contributed by atoms with Crippen molar-refractivity contribution in [2.75, 3.05) is 18.5 Å². The predicted molar refractivity (Wildman–Crippen MR) is 67.9 cm³/mol. The number of aromatic carboxylic acids is 2. The summed E-state index contributed by atoms with van der Waals surface area (Å²) in [5.41, 5.74) is -0.232. The third-order valence-electron chi connectivity index (χ3n) is 2.99. The number of rotatable bonds is 4. The van der Waals surface area contributed by atoms with Crippen molar-refractivity contribution in [2.45, 2.75) is 6.42 Å². The molecule has 0 aliphatic carbocycles. The highest BCUT2D eigenvalue weighted by molar-refractivity contribution is 5.99. The van der Waals surface area contributed by atoms with E-state index in [1.165, 1.54) is 12.1 Å². The molecule has 7 nitrogen and oxygen atoms in total. The van der Waals surface area contributed by atoms with E-state index in [9.17, 15) is 14.4 Å². The van der Waals surface area contributed by atoms with E-state index in [1.54, 1.807) is 0 Å². The van der Waals surface area contributed by atoms with Crippen LogP contribution >= 0.6 is 0 Å². The van der Waals surface area contributed by atoms with Gasteiger partial charge in [-0.2, -0.15) is 0 Å². The van der Waals surface area contributed by atoms with Crippen molar-refractivity contribution in [2.24, 2.45) is 5.92 Å². The van der Waals surface area contributed by atoms with E-state index in [0.717, 1.165) is 6.07 Å². The van der Waals surface area contributed by atoms with Crippen LogP contribution in [0.4, 0.5) is 5.69 Å². The third-order valence-corrected chi connectivity index (χ3v) is 2.99. The van der Waals surface area contributed by atoms with Crippen molar-refractivity contribution >= 4 is 23.5 Å². The van der Waals surface area contributed by atoms with Crippen molar-refractivity contribution in [3.63, 3.8) is 0 Å². The Hall–Kier alpha value is -2.41. The van der Waals surface area contributed by atoms with Gasteiger partial charge in [-0.3, -0.25) is 4.79 Å². The summed E-state index contributed by atoms with van der Waals surface area (Å²) in [5, 5.41) is 20.4. The molecule has 2 rings (SSSR count). The van der Waals surface area contributed by atoms with Gasteiger partial charge in [0.2, 0.25) is 5.91 Å². The van der Waals surface area contributed by atoms with Crippen molar-refractivity contribution in [1.82, 2.24) is 0 Å². The van der Waals surface area contributed by atoms with Crippen molar-refractivity contribution in [3.8, 4) is 0 Å². The van der Waals surface area contributed by atoms with Crippen LogP contribution in [0.15, 0.2) is 18.2 Å². The van der Waals surface area contributed by atoms with Gasteiger partial charge in [0.05, 0.1) is 23.7 Å². The number of carbonyl (C=O) groups is 3. The lowest BCUT2D eigenvalue weighted by molar-refractivity contribution is -0.119. The molecule has 1 aromatic carbocycles. The number of nitrogens with one attached hydrogen (secondary N) is 1. The van der Waals surface area contributed by atoms with E-state index in [4.69, 9.17) is 14.9 Å². The summed E-state index contributed by atoms with van der Waals surface area (Å²) in [6.45, 7) is 0.823. The molecule has 0 spiro atoms. The molecule has 3 N–H and O–H groups in total. The Kier molecular flexibility index (Phi) is 3.99. The minimum Gasteiger partial charge on any atom is -0.478 e. The van der Waals surface area contributed by atoms with E-state index in [-0.39, 0.29) is 28.6 Å². The lowest BCUT2D eigenvalue weighted by atomic mass is 10.1. The molecule has 1 saturated heterocycles. The number of hydrogen-bond donors (Lipinski definition) is 3. The quantitative estimate of drug-likeness (QED) is 0.759. The summed E-state index contributed by atoms with van der Waals surface area (Å²) < 4.78 is 5.09. The number of hydrogen-bond acceptors (Lipinski definition) is 4. The second-order valence-corrected chi connectivity index (χ2v) is 4.46. The number of carboxylic acids is 2. The zero-order valence-corrected chi connectivity index (χ0v) is 10.5. The Morgan fingerprint density at radius 3 is 2.15 bits per heavy atom. The Morgan fingerprint density at radius 2 is 1.70 bits per heavy atom. The Balaban J connectivity index is 2.23. The molecule has 7 heteroatoms. The Morgan fingerprint density at radius 1 is 1.10 bits per heavy atom. The summed E-state index contributed by atoms with van der Waals surface area (Å²) in [6, 6.07) is 3.49. The lowest BCUT2D eigenvalue weighted by Crippen LogP contribution is -2.23. The normalized spacial score (nSPS) is 17.7. The molecule has 0 bridgehead atoms. The van der Waals surface area contributed by atoms with E-state index in [0.29, 0.717) is 19.6 Å². The molecule has 20 heavy (non-hydrogen) atoms. The van der Waals surface area contributed by atoms with Crippen molar-refractivity contribution in [1.29, 1.82) is 0 Å². The molecule has 1 amide bonds. The average molecular weight is 279 g/mol. The summed E-state index contributed by atoms with van der Waals surface area (Å²) in [6.07, 6.45) is 0.593.